The van der Waals surface area contributed by atoms with E-state index in [0.717, 1.165) is 17.0 Å². The van der Waals surface area contributed by atoms with Gasteiger partial charge in [0, 0.05) is 13.1 Å². The molecule has 0 spiro atoms. The van der Waals surface area contributed by atoms with Crippen molar-refractivity contribution in [2.45, 2.75) is 5.92 Å². The Hall–Kier alpha value is -1.56. The topological polar surface area (TPSA) is 29.5 Å². The highest BCUT2D eigenvalue weighted by atomic mass is 19.3. The third-order valence-corrected chi connectivity index (χ3v) is 2.78. The first-order valence-electron chi connectivity index (χ1n) is 5.53. The second-order valence-electron chi connectivity index (χ2n) is 3.96. The van der Waals surface area contributed by atoms with Crippen LogP contribution in [0, 0.1) is 5.82 Å². The third kappa shape index (κ3) is 2.33. The maximum Gasteiger partial charge on any atom is 0.352 e. The fraction of sp³-hybridized carbons (Fsp3) is 0.417. The Morgan fingerprint density at radius 3 is 2.44 bits per heavy atom. The van der Waals surface area contributed by atoms with Crippen LogP contribution in [0.25, 0.3) is 0 Å². The molecule has 3 nitrogen and oxygen atoms in total. The number of carbonyl (C=O) groups excluding carboxylic acids is 1. The molecule has 1 aliphatic rings. The maximum absolute atomic E-state index is 13.9. The fourth-order valence-corrected chi connectivity index (χ4v) is 1.80. The molecular formula is C12H12F3NO2. The molecule has 0 aromatic heterocycles. The summed E-state index contributed by atoms with van der Waals surface area (Å²) in [6.45, 7) is 0.643. The minimum absolute atomic E-state index is 0.100. The molecule has 6 heteroatoms. The van der Waals surface area contributed by atoms with Crippen LogP contribution in [0.4, 0.5) is 13.2 Å². The largest absolute Gasteiger partial charge is 0.378 e. The summed E-state index contributed by atoms with van der Waals surface area (Å²) in [6, 6.07) is 4.41. The molecule has 1 amide bonds. The summed E-state index contributed by atoms with van der Waals surface area (Å²) in [4.78, 5) is 12.7. The van der Waals surface area contributed by atoms with Gasteiger partial charge in [0.05, 0.1) is 18.8 Å². The van der Waals surface area contributed by atoms with Gasteiger partial charge in [0.15, 0.2) is 0 Å². The zero-order valence-corrected chi connectivity index (χ0v) is 9.54. The first kappa shape index (κ1) is 12.9. The average Bonchev–Trinajstić information content (AvgIpc) is 2.39. The number of ether oxygens (including phenoxy) is 1. The third-order valence-electron chi connectivity index (χ3n) is 2.78. The standard InChI is InChI=1S/C12H12F3NO2/c13-10-4-2-1-3-9(10)12(14,15)11(17)16-5-7-18-8-6-16/h1-4H,5-8H2. The van der Waals surface area contributed by atoms with Gasteiger partial charge in [0.2, 0.25) is 0 Å². The van der Waals surface area contributed by atoms with Crippen LogP contribution >= 0.6 is 0 Å². The van der Waals surface area contributed by atoms with Gasteiger partial charge in [-0.25, -0.2) is 4.39 Å². The Morgan fingerprint density at radius 1 is 1.22 bits per heavy atom. The zero-order chi connectivity index (χ0) is 13.2. The molecule has 0 unspecified atom stereocenters. The van der Waals surface area contributed by atoms with E-state index in [0.29, 0.717) is 0 Å². The van der Waals surface area contributed by atoms with E-state index in [9.17, 15) is 18.0 Å². The lowest BCUT2D eigenvalue weighted by atomic mass is 10.1. The molecule has 0 radical (unpaired) electrons. The predicted molar refractivity (Wildman–Crippen MR) is 57.7 cm³/mol. The van der Waals surface area contributed by atoms with Gasteiger partial charge in [-0.3, -0.25) is 4.79 Å². The molecule has 1 aromatic rings. The Bertz CT molecular complexity index is 445. The van der Waals surface area contributed by atoms with Gasteiger partial charge in [-0.05, 0) is 12.1 Å². The van der Waals surface area contributed by atoms with Gasteiger partial charge in [0.25, 0.3) is 5.91 Å². The number of amides is 1. The molecular weight excluding hydrogens is 247 g/mol. The summed E-state index contributed by atoms with van der Waals surface area (Å²) in [6.07, 6.45) is 0. The minimum Gasteiger partial charge on any atom is -0.378 e. The highest BCUT2D eigenvalue weighted by Crippen LogP contribution is 2.32. The van der Waals surface area contributed by atoms with E-state index in [-0.39, 0.29) is 26.3 Å². The minimum atomic E-state index is -3.84. The van der Waals surface area contributed by atoms with Crippen LogP contribution in [0.1, 0.15) is 5.56 Å². The number of hydrogen-bond acceptors (Lipinski definition) is 2. The molecule has 0 bridgehead atoms. The summed E-state index contributed by atoms with van der Waals surface area (Å²) >= 11 is 0. The van der Waals surface area contributed by atoms with Crippen molar-refractivity contribution >= 4 is 5.91 Å². The van der Waals surface area contributed by atoms with Gasteiger partial charge in [-0.2, -0.15) is 8.78 Å². The summed E-state index contributed by atoms with van der Waals surface area (Å²) in [5.74, 6) is -6.30. The van der Waals surface area contributed by atoms with Gasteiger partial charge in [0.1, 0.15) is 5.82 Å². The number of nitrogens with zero attached hydrogens (tertiary/aromatic N) is 1. The van der Waals surface area contributed by atoms with Crippen molar-refractivity contribution in [2.75, 3.05) is 26.3 Å². The van der Waals surface area contributed by atoms with E-state index in [2.05, 4.69) is 0 Å². The van der Waals surface area contributed by atoms with Gasteiger partial charge < -0.3 is 9.64 Å². The van der Waals surface area contributed by atoms with Gasteiger partial charge in [-0.15, -0.1) is 0 Å². The van der Waals surface area contributed by atoms with Crippen LogP contribution in [0.2, 0.25) is 0 Å². The summed E-state index contributed by atoms with van der Waals surface area (Å²) in [5.41, 5.74) is -0.888. The molecule has 0 saturated carbocycles. The van der Waals surface area contributed by atoms with Crippen molar-refractivity contribution in [2.24, 2.45) is 0 Å². The fourth-order valence-electron chi connectivity index (χ4n) is 1.80. The lowest BCUT2D eigenvalue weighted by Gasteiger charge is -2.30. The van der Waals surface area contributed by atoms with Crippen LogP contribution in [-0.4, -0.2) is 37.1 Å². The van der Waals surface area contributed by atoms with E-state index < -0.39 is 23.2 Å². The van der Waals surface area contributed by atoms with Crippen LogP contribution in [0.5, 0.6) is 0 Å². The van der Waals surface area contributed by atoms with E-state index in [4.69, 9.17) is 4.74 Å². The van der Waals surface area contributed by atoms with Gasteiger partial charge >= 0.3 is 5.92 Å². The number of halogens is 3. The van der Waals surface area contributed by atoms with Crippen molar-refractivity contribution in [3.63, 3.8) is 0 Å². The van der Waals surface area contributed by atoms with Crippen molar-refractivity contribution in [1.29, 1.82) is 0 Å². The van der Waals surface area contributed by atoms with E-state index in [1.54, 1.807) is 0 Å². The Kier molecular flexibility index (Phi) is 3.56. The van der Waals surface area contributed by atoms with Crippen LogP contribution in [0.15, 0.2) is 24.3 Å². The summed E-state index contributed by atoms with van der Waals surface area (Å²) < 4.78 is 46.2. The first-order valence-corrected chi connectivity index (χ1v) is 5.53. The van der Waals surface area contributed by atoms with Crippen molar-refractivity contribution in [3.8, 4) is 0 Å². The monoisotopic (exact) mass is 259 g/mol. The predicted octanol–water partition coefficient (Wildman–Crippen LogP) is 1.78. The lowest BCUT2D eigenvalue weighted by Crippen LogP contribution is -2.47. The Morgan fingerprint density at radius 2 is 1.83 bits per heavy atom. The second kappa shape index (κ2) is 4.97. The molecule has 0 N–H and O–H groups in total. The Balaban J connectivity index is 2.24. The molecule has 1 fully saturated rings. The summed E-state index contributed by atoms with van der Waals surface area (Å²) in [5, 5.41) is 0. The number of rotatable bonds is 2. The average molecular weight is 259 g/mol. The molecule has 98 valence electrons. The SMILES string of the molecule is O=C(N1CCOCC1)C(F)(F)c1ccccc1F. The quantitative estimate of drug-likeness (QED) is 0.810. The van der Waals surface area contributed by atoms with Crippen molar-refractivity contribution in [1.82, 2.24) is 4.90 Å². The summed E-state index contributed by atoms with van der Waals surface area (Å²) in [7, 11) is 0. The molecule has 1 heterocycles. The number of carbonyl (C=O) groups is 1. The molecule has 1 saturated heterocycles. The molecule has 1 aliphatic heterocycles. The number of benzene rings is 1. The molecule has 0 atom stereocenters. The van der Waals surface area contributed by atoms with Crippen molar-refractivity contribution in [3.05, 3.63) is 35.6 Å². The van der Waals surface area contributed by atoms with Crippen LogP contribution in [-0.2, 0) is 15.5 Å². The van der Waals surface area contributed by atoms with Crippen LogP contribution in [0.3, 0.4) is 0 Å². The highest BCUT2D eigenvalue weighted by molar-refractivity contribution is 5.85. The van der Waals surface area contributed by atoms with E-state index in [1.165, 1.54) is 12.1 Å². The zero-order valence-electron chi connectivity index (χ0n) is 9.54. The molecule has 18 heavy (non-hydrogen) atoms. The number of morpholine rings is 1. The number of alkyl halides is 2. The second-order valence-corrected chi connectivity index (χ2v) is 3.96. The van der Waals surface area contributed by atoms with E-state index in [1.807, 2.05) is 0 Å². The lowest BCUT2D eigenvalue weighted by molar-refractivity contribution is -0.163. The van der Waals surface area contributed by atoms with E-state index >= 15 is 0 Å². The smallest absolute Gasteiger partial charge is 0.352 e. The molecule has 0 aliphatic carbocycles. The van der Waals surface area contributed by atoms with Gasteiger partial charge in [-0.1, -0.05) is 12.1 Å². The van der Waals surface area contributed by atoms with Crippen LogP contribution < -0.4 is 0 Å². The number of hydrogen-bond donors (Lipinski definition) is 0. The molecule has 2 rings (SSSR count). The highest BCUT2D eigenvalue weighted by Gasteiger charge is 2.45. The Labute approximate surface area is 102 Å². The van der Waals surface area contributed by atoms with Crippen molar-refractivity contribution < 1.29 is 22.7 Å². The molecule has 1 aromatic carbocycles. The maximum atomic E-state index is 13.9. The normalized spacial score (nSPS) is 16.7. The first-order chi connectivity index (χ1) is 8.53.